The first-order chi connectivity index (χ1) is 13.0. The fourth-order valence-electron chi connectivity index (χ4n) is 2.53. The average molecular weight is 503 g/mol. The summed E-state index contributed by atoms with van der Waals surface area (Å²) in [4.78, 5) is 4.58. The number of aliphatic imine (C=N–C) groups is 1. The lowest BCUT2D eigenvalue weighted by molar-refractivity contribution is 0.0386. The van der Waals surface area contributed by atoms with Crippen molar-refractivity contribution in [2.45, 2.75) is 32.9 Å². The number of rotatable bonds is 9. The second-order valence-electron chi connectivity index (χ2n) is 6.22. The first-order valence-corrected chi connectivity index (χ1v) is 9.08. The van der Waals surface area contributed by atoms with Crippen LogP contribution in [-0.4, -0.2) is 37.9 Å². The van der Waals surface area contributed by atoms with Crippen molar-refractivity contribution >= 4 is 29.9 Å². The number of nitrogens with zero attached hydrogens (tertiary/aromatic N) is 1. The van der Waals surface area contributed by atoms with E-state index in [4.69, 9.17) is 13.9 Å². The Bertz CT molecular complexity index is 733. The number of hydrogen-bond acceptors (Lipinski definition) is 5. The van der Waals surface area contributed by atoms with Gasteiger partial charge in [-0.3, -0.25) is 0 Å². The van der Waals surface area contributed by atoms with Gasteiger partial charge in [-0.25, -0.2) is 4.99 Å². The van der Waals surface area contributed by atoms with Crippen LogP contribution in [0.2, 0.25) is 0 Å². The zero-order valence-corrected chi connectivity index (χ0v) is 19.2. The minimum atomic E-state index is -1.14. The topological polar surface area (TPSA) is 88.3 Å². The third kappa shape index (κ3) is 6.90. The van der Waals surface area contributed by atoms with Crippen LogP contribution in [0.25, 0.3) is 0 Å². The number of nitrogens with one attached hydrogen (secondary N) is 2. The Morgan fingerprint density at radius 1 is 1.21 bits per heavy atom. The molecule has 3 N–H and O–H groups in total. The highest BCUT2D eigenvalue weighted by molar-refractivity contribution is 14.0. The molecule has 0 aliphatic carbocycles. The van der Waals surface area contributed by atoms with Crippen molar-refractivity contribution < 1.29 is 19.0 Å². The molecule has 2 aromatic rings. The second kappa shape index (κ2) is 11.8. The van der Waals surface area contributed by atoms with Crippen LogP contribution < -0.4 is 20.1 Å². The molecule has 0 bridgehead atoms. The smallest absolute Gasteiger partial charge is 0.191 e. The highest BCUT2D eigenvalue weighted by Gasteiger charge is 2.26. The first-order valence-electron chi connectivity index (χ1n) is 9.08. The Kier molecular flexibility index (Phi) is 10.2. The van der Waals surface area contributed by atoms with Gasteiger partial charge in [-0.2, -0.15) is 0 Å². The van der Waals surface area contributed by atoms with Gasteiger partial charge in [-0.15, -0.1) is 24.0 Å². The third-order valence-electron chi connectivity index (χ3n) is 3.94. The molecule has 0 amide bonds. The summed E-state index contributed by atoms with van der Waals surface area (Å²) in [5.74, 6) is 2.51. The van der Waals surface area contributed by atoms with Crippen molar-refractivity contribution in [3.05, 3.63) is 47.9 Å². The molecule has 0 saturated carbocycles. The van der Waals surface area contributed by atoms with Crippen LogP contribution in [0.5, 0.6) is 11.5 Å². The van der Waals surface area contributed by atoms with Gasteiger partial charge in [0.05, 0.1) is 33.1 Å². The molecule has 1 aromatic heterocycles. The lowest BCUT2D eigenvalue weighted by Crippen LogP contribution is -2.44. The fraction of sp³-hybridized carbons (Fsp3) is 0.450. The van der Waals surface area contributed by atoms with Crippen LogP contribution in [0.15, 0.2) is 46.0 Å². The Morgan fingerprint density at radius 3 is 2.61 bits per heavy atom. The van der Waals surface area contributed by atoms with Crippen molar-refractivity contribution in [3.63, 3.8) is 0 Å². The lowest BCUT2D eigenvalue weighted by atomic mass is 10.0. The van der Waals surface area contributed by atoms with Crippen LogP contribution in [0, 0.1) is 0 Å². The van der Waals surface area contributed by atoms with Crippen LogP contribution in [0.3, 0.4) is 0 Å². The predicted octanol–water partition coefficient (Wildman–Crippen LogP) is 3.27. The van der Waals surface area contributed by atoms with E-state index in [9.17, 15) is 5.11 Å². The fourth-order valence-corrected chi connectivity index (χ4v) is 2.53. The largest absolute Gasteiger partial charge is 0.493 e. The van der Waals surface area contributed by atoms with E-state index in [1.54, 1.807) is 32.4 Å². The van der Waals surface area contributed by atoms with E-state index >= 15 is 0 Å². The van der Waals surface area contributed by atoms with Gasteiger partial charge >= 0.3 is 0 Å². The molecule has 1 heterocycles. The number of benzene rings is 1. The quantitative estimate of drug-likeness (QED) is 0.277. The second-order valence-corrected chi connectivity index (χ2v) is 6.22. The summed E-state index contributed by atoms with van der Waals surface area (Å²) in [6.07, 6.45) is 1.54. The van der Waals surface area contributed by atoms with E-state index in [1.165, 1.54) is 0 Å². The molecular weight excluding hydrogens is 473 g/mol. The number of ether oxygens (including phenoxy) is 2. The van der Waals surface area contributed by atoms with Gasteiger partial charge in [0.1, 0.15) is 11.4 Å². The molecule has 2 rings (SSSR count). The summed E-state index contributed by atoms with van der Waals surface area (Å²) in [6, 6.07) is 9.26. The Hall–Kier alpha value is -1.94. The maximum atomic E-state index is 10.6. The van der Waals surface area contributed by atoms with Gasteiger partial charge in [0.2, 0.25) is 0 Å². The molecule has 0 spiro atoms. The molecular formula is C20H30IN3O4. The predicted molar refractivity (Wildman–Crippen MR) is 121 cm³/mol. The van der Waals surface area contributed by atoms with E-state index in [0.717, 1.165) is 5.56 Å². The molecule has 0 radical (unpaired) electrons. The molecule has 1 aromatic carbocycles. The standard InChI is InChI=1S/C20H29N3O4.HI/c1-5-21-19(23-14-20(3,24)18-8-7-11-27-18)22-13-15-9-10-16(26-6-2)17(12-15)25-4;/h7-12,24H,5-6,13-14H2,1-4H3,(H2,21,22,23);1H. The Balaban J connectivity index is 0.00000392. The Labute approximate surface area is 183 Å². The summed E-state index contributed by atoms with van der Waals surface area (Å²) in [6.45, 7) is 7.63. The lowest BCUT2D eigenvalue weighted by Gasteiger charge is -2.22. The van der Waals surface area contributed by atoms with Gasteiger partial charge in [0, 0.05) is 6.54 Å². The van der Waals surface area contributed by atoms with Crippen molar-refractivity contribution in [3.8, 4) is 11.5 Å². The number of hydrogen-bond donors (Lipinski definition) is 3. The van der Waals surface area contributed by atoms with Gasteiger partial charge in [0.15, 0.2) is 17.5 Å². The average Bonchev–Trinajstić information content (AvgIpc) is 3.21. The molecule has 0 saturated heterocycles. The zero-order chi connectivity index (χ0) is 19.7. The highest BCUT2D eigenvalue weighted by Crippen LogP contribution is 2.28. The van der Waals surface area contributed by atoms with E-state index in [2.05, 4.69) is 15.6 Å². The number of halogens is 1. The molecule has 28 heavy (non-hydrogen) atoms. The van der Waals surface area contributed by atoms with Crippen LogP contribution in [0.1, 0.15) is 32.1 Å². The minimum absolute atomic E-state index is 0. The van der Waals surface area contributed by atoms with Crippen LogP contribution >= 0.6 is 24.0 Å². The van der Waals surface area contributed by atoms with Crippen molar-refractivity contribution in [2.75, 3.05) is 26.8 Å². The SMILES string of the molecule is CCNC(=NCc1ccc(OCC)c(OC)c1)NCC(C)(O)c1ccco1.I. The van der Waals surface area contributed by atoms with E-state index in [1.807, 2.05) is 32.0 Å². The molecule has 0 fully saturated rings. The van der Waals surface area contributed by atoms with E-state index < -0.39 is 5.60 Å². The first kappa shape index (κ1) is 24.1. The van der Waals surface area contributed by atoms with Gasteiger partial charge in [0.25, 0.3) is 0 Å². The molecule has 1 unspecified atom stereocenters. The Morgan fingerprint density at radius 2 is 2.00 bits per heavy atom. The summed E-state index contributed by atoms with van der Waals surface area (Å²) in [7, 11) is 1.62. The molecule has 7 nitrogen and oxygen atoms in total. The van der Waals surface area contributed by atoms with Gasteiger partial charge < -0.3 is 29.6 Å². The van der Waals surface area contributed by atoms with Gasteiger partial charge in [-0.05, 0) is 50.6 Å². The summed E-state index contributed by atoms with van der Waals surface area (Å²) >= 11 is 0. The van der Waals surface area contributed by atoms with Crippen molar-refractivity contribution in [1.82, 2.24) is 10.6 Å². The molecule has 1 atom stereocenters. The molecule has 0 aliphatic rings. The number of guanidine groups is 1. The summed E-state index contributed by atoms with van der Waals surface area (Å²) in [5.41, 5.74) is -0.146. The third-order valence-corrected chi connectivity index (χ3v) is 3.94. The number of furan rings is 1. The molecule has 8 heteroatoms. The minimum Gasteiger partial charge on any atom is -0.493 e. The van der Waals surface area contributed by atoms with Crippen molar-refractivity contribution in [2.24, 2.45) is 4.99 Å². The zero-order valence-electron chi connectivity index (χ0n) is 16.8. The van der Waals surface area contributed by atoms with Crippen LogP contribution in [0.4, 0.5) is 0 Å². The maximum absolute atomic E-state index is 10.6. The van der Waals surface area contributed by atoms with Gasteiger partial charge in [-0.1, -0.05) is 6.07 Å². The molecule has 156 valence electrons. The maximum Gasteiger partial charge on any atom is 0.191 e. The summed E-state index contributed by atoms with van der Waals surface area (Å²) in [5, 5.41) is 16.9. The monoisotopic (exact) mass is 503 g/mol. The highest BCUT2D eigenvalue weighted by atomic mass is 127. The summed E-state index contributed by atoms with van der Waals surface area (Å²) < 4.78 is 16.2. The van der Waals surface area contributed by atoms with Crippen molar-refractivity contribution in [1.29, 1.82) is 0 Å². The van der Waals surface area contributed by atoms with Crippen LogP contribution in [-0.2, 0) is 12.1 Å². The van der Waals surface area contributed by atoms with E-state index in [0.29, 0.717) is 42.9 Å². The van der Waals surface area contributed by atoms with E-state index in [-0.39, 0.29) is 30.5 Å². The number of methoxy groups -OCH3 is 1. The number of aliphatic hydroxyl groups is 1. The normalized spacial score (nSPS) is 13.2. The molecule has 0 aliphatic heterocycles.